The van der Waals surface area contributed by atoms with E-state index in [9.17, 15) is 13.2 Å². The number of para-hydroxylation sites is 1. The minimum Gasteiger partial charge on any atom is -0.494 e. The number of anilines is 1. The Balaban J connectivity index is 1.83. The van der Waals surface area contributed by atoms with Crippen molar-refractivity contribution in [3.05, 3.63) is 88.9 Å². The Morgan fingerprint density at radius 3 is 2.42 bits per heavy atom. The molecular weight excluding hydrogens is 480 g/mol. The molecule has 1 N–H and O–H groups in total. The average molecular weight is 503 g/mol. The summed E-state index contributed by atoms with van der Waals surface area (Å²) in [5.74, 6) is 0.261. The first-order valence-electron chi connectivity index (χ1n) is 9.72. The van der Waals surface area contributed by atoms with Gasteiger partial charge in [-0.05, 0) is 43.3 Å². The van der Waals surface area contributed by atoms with Crippen molar-refractivity contribution in [3.63, 3.8) is 0 Å². The first-order chi connectivity index (χ1) is 14.9. The fraction of sp³-hybridized carbons (Fsp3) is 0.174. The van der Waals surface area contributed by atoms with E-state index >= 15 is 0 Å². The molecule has 8 heteroatoms. The topological polar surface area (TPSA) is 75.7 Å². The average Bonchev–Trinajstić information content (AvgIpc) is 2.77. The van der Waals surface area contributed by atoms with E-state index in [1.165, 1.54) is 12.1 Å². The Labute approximate surface area is 191 Å². The van der Waals surface area contributed by atoms with E-state index in [1.54, 1.807) is 42.5 Å². The predicted octanol–water partition coefficient (Wildman–Crippen LogP) is 4.36. The van der Waals surface area contributed by atoms with Gasteiger partial charge in [-0.2, -0.15) is 0 Å². The van der Waals surface area contributed by atoms with Crippen molar-refractivity contribution in [2.75, 3.05) is 17.5 Å². The summed E-state index contributed by atoms with van der Waals surface area (Å²) in [6, 6.07) is 22.3. The number of benzene rings is 3. The second-order valence-corrected chi connectivity index (χ2v) is 9.40. The zero-order valence-electron chi connectivity index (χ0n) is 17.0. The Hall–Kier alpha value is -2.84. The van der Waals surface area contributed by atoms with E-state index < -0.39 is 15.9 Å². The van der Waals surface area contributed by atoms with Gasteiger partial charge < -0.3 is 10.1 Å². The number of ether oxygens (including phenoxy) is 1. The van der Waals surface area contributed by atoms with Crippen molar-refractivity contribution in [3.8, 4) is 5.75 Å². The molecule has 162 valence electrons. The summed E-state index contributed by atoms with van der Waals surface area (Å²) < 4.78 is 34.0. The number of carbonyl (C=O) groups is 1. The standard InChI is InChI=1S/C23H23BrN2O4S/c1-2-30-22-14-7-6-9-18(22)16-25-23(27)17-26(20-11-8-10-19(24)15-20)31(28,29)21-12-4-3-5-13-21/h3-15H,2,16-17H2,1H3,(H,25,27). The van der Waals surface area contributed by atoms with Crippen LogP contribution in [0.3, 0.4) is 0 Å². The maximum atomic E-state index is 13.3. The minimum absolute atomic E-state index is 0.115. The number of hydrogen-bond acceptors (Lipinski definition) is 4. The van der Waals surface area contributed by atoms with Crippen molar-refractivity contribution in [2.24, 2.45) is 0 Å². The molecule has 0 saturated carbocycles. The second kappa shape index (κ2) is 10.5. The third kappa shape index (κ3) is 5.86. The van der Waals surface area contributed by atoms with Crippen molar-refractivity contribution in [1.82, 2.24) is 5.32 Å². The molecule has 0 heterocycles. The van der Waals surface area contributed by atoms with Gasteiger partial charge in [0, 0.05) is 16.6 Å². The van der Waals surface area contributed by atoms with Crippen LogP contribution in [0.5, 0.6) is 5.75 Å². The van der Waals surface area contributed by atoms with E-state index in [0.717, 1.165) is 9.87 Å². The molecule has 0 aliphatic rings. The zero-order valence-corrected chi connectivity index (χ0v) is 19.4. The third-order valence-electron chi connectivity index (χ3n) is 4.46. The van der Waals surface area contributed by atoms with Crippen molar-refractivity contribution < 1.29 is 17.9 Å². The van der Waals surface area contributed by atoms with E-state index in [2.05, 4.69) is 21.2 Å². The molecule has 0 spiro atoms. The van der Waals surface area contributed by atoms with E-state index in [-0.39, 0.29) is 18.0 Å². The molecule has 0 unspecified atom stereocenters. The second-order valence-electron chi connectivity index (χ2n) is 6.62. The summed E-state index contributed by atoms with van der Waals surface area (Å²) in [5.41, 5.74) is 1.21. The normalized spacial score (nSPS) is 11.0. The lowest BCUT2D eigenvalue weighted by Gasteiger charge is -2.24. The third-order valence-corrected chi connectivity index (χ3v) is 6.74. The first-order valence-corrected chi connectivity index (χ1v) is 12.0. The number of carbonyl (C=O) groups excluding carboxylic acids is 1. The number of nitrogens with zero attached hydrogens (tertiary/aromatic N) is 1. The summed E-state index contributed by atoms with van der Waals surface area (Å²) in [5, 5.41) is 2.80. The van der Waals surface area contributed by atoms with Gasteiger partial charge in [0.2, 0.25) is 5.91 Å². The summed E-state index contributed by atoms with van der Waals surface area (Å²) in [6.07, 6.45) is 0. The van der Waals surface area contributed by atoms with E-state index in [1.807, 2.05) is 31.2 Å². The fourth-order valence-corrected chi connectivity index (χ4v) is 4.81. The van der Waals surface area contributed by atoms with Gasteiger partial charge in [0.25, 0.3) is 10.0 Å². The number of rotatable bonds is 9. The number of hydrogen-bond donors (Lipinski definition) is 1. The van der Waals surface area contributed by atoms with Gasteiger partial charge in [0.1, 0.15) is 12.3 Å². The molecule has 0 saturated heterocycles. The first kappa shape index (κ1) is 22.8. The van der Waals surface area contributed by atoms with Gasteiger partial charge in [-0.15, -0.1) is 0 Å². The van der Waals surface area contributed by atoms with Gasteiger partial charge in [-0.1, -0.05) is 58.4 Å². The molecule has 0 aliphatic carbocycles. The highest BCUT2D eigenvalue weighted by Crippen LogP contribution is 2.26. The predicted molar refractivity (Wildman–Crippen MR) is 125 cm³/mol. The summed E-state index contributed by atoms with van der Waals surface area (Å²) in [7, 11) is -3.94. The van der Waals surface area contributed by atoms with Crippen LogP contribution in [0, 0.1) is 0 Å². The molecule has 3 rings (SSSR count). The lowest BCUT2D eigenvalue weighted by atomic mass is 10.2. The number of halogens is 1. The van der Waals surface area contributed by atoms with Crippen LogP contribution in [0.1, 0.15) is 12.5 Å². The summed E-state index contributed by atoms with van der Waals surface area (Å²) in [6.45, 7) is 2.27. The number of sulfonamides is 1. The van der Waals surface area contributed by atoms with Gasteiger partial charge >= 0.3 is 0 Å². The fourth-order valence-electron chi connectivity index (χ4n) is 2.99. The highest BCUT2D eigenvalue weighted by molar-refractivity contribution is 9.10. The molecule has 3 aromatic carbocycles. The van der Waals surface area contributed by atoms with E-state index in [4.69, 9.17) is 4.74 Å². The Morgan fingerprint density at radius 2 is 1.71 bits per heavy atom. The van der Waals surface area contributed by atoms with Crippen molar-refractivity contribution >= 4 is 37.5 Å². The van der Waals surface area contributed by atoms with Crippen LogP contribution in [0.2, 0.25) is 0 Å². The molecule has 1 amide bonds. The highest BCUT2D eigenvalue weighted by atomic mass is 79.9. The van der Waals surface area contributed by atoms with Crippen LogP contribution in [0.25, 0.3) is 0 Å². The van der Waals surface area contributed by atoms with Crippen LogP contribution in [-0.2, 0) is 21.4 Å². The summed E-state index contributed by atoms with van der Waals surface area (Å²) in [4.78, 5) is 12.9. The lowest BCUT2D eigenvalue weighted by molar-refractivity contribution is -0.119. The number of nitrogens with one attached hydrogen (secondary N) is 1. The van der Waals surface area contributed by atoms with Crippen molar-refractivity contribution in [2.45, 2.75) is 18.4 Å². The Bertz CT molecular complexity index is 1140. The molecular formula is C23H23BrN2O4S. The van der Waals surface area contributed by atoms with Gasteiger partial charge in [0.15, 0.2) is 0 Å². The maximum Gasteiger partial charge on any atom is 0.264 e. The van der Waals surface area contributed by atoms with Crippen LogP contribution in [0.15, 0.2) is 88.2 Å². The largest absolute Gasteiger partial charge is 0.494 e. The van der Waals surface area contributed by atoms with E-state index in [0.29, 0.717) is 22.5 Å². The molecule has 0 aliphatic heterocycles. The highest BCUT2D eigenvalue weighted by Gasteiger charge is 2.27. The van der Waals surface area contributed by atoms with Gasteiger partial charge in [0.05, 0.1) is 17.2 Å². The molecule has 3 aromatic rings. The molecule has 0 aromatic heterocycles. The molecule has 0 bridgehead atoms. The quantitative estimate of drug-likeness (QED) is 0.471. The van der Waals surface area contributed by atoms with Crippen LogP contribution in [0.4, 0.5) is 5.69 Å². The van der Waals surface area contributed by atoms with Crippen LogP contribution < -0.4 is 14.4 Å². The molecule has 0 fully saturated rings. The molecule has 6 nitrogen and oxygen atoms in total. The number of amides is 1. The minimum atomic E-state index is -3.94. The monoisotopic (exact) mass is 502 g/mol. The van der Waals surface area contributed by atoms with Gasteiger partial charge in [-0.3, -0.25) is 9.10 Å². The maximum absolute atomic E-state index is 13.3. The lowest BCUT2D eigenvalue weighted by Crippen LogP contribution is -2.40. The summed E-state index contributed by atoms with van der Waals surface area (Å²) >= 11 is 3.37. The zero-order chi connectivity index (χ0) is 22.3. The van der Waals surface area contributed by atoms with Crippen LogP contribution in [-0.4, -0.2) is 27.5 Å². The van der Waals surface area contributed by atoms with Crippen molar-refractivity contribution in [1.29, 1.82) is 0 Å². The molecule has 0 atom stereocenters. The molecule has 0 radical (unpaired) electrons. The smallest absolute Gasteiger partial charge is 0.264 e. The molecule has 31 heavy (non-hydrogen) atoms. The SMILES string of the molecule is CCOc1ccccc1CNC(=O)CN(c1cccc(Br)c1)S(=O)(=O)c1ccccc1. The van der Waals surface area contributed by atoms with Crippen LogP contribution >= 0.6 is 15.9 Å². The van der Waals surface area contributed by atoms with Gasteiger partial charge in [-0.25, -0.2) is 8.42 Å². The Kier molecular flexibility index (Phi) is 7.70. The Morgan fingerprint density at radius 1 is 1.00 bits per heavy atom.